The van der Waals surface area contributed by atoms with E-state index in [1.807, 2.05) is 5.32 Å². The highest BCUT2D eigenvalue weighted by atomic mass is 32.1. The molecule has 0 bridgehead atoms. The number of aromatic amines is 2. The number of rotatable bonds is 7. The SMILES string of the molecule is O=C(Nc1ncc(-c2cc(C(=O)NCCc3cnc[nH]3)c3cn[nH]c3n2)s1)Nc1cc(C(F)(F)F)ccc1F. The van der Waals surface area contributed by atoms with Crippen LogP contribution in [0, 0.1) is 5.82 Å². The number of pyridine rings is 1. The topological polar surface area (TPSA) is 153 Å². The number of urea groups is 1. The molecule has 0 fully saturated rings. The molecule has 0 aliphatic heterocycles. The lowest BCUT2D eigenvalue weighted by Gasteiger charge is -2.11. The standard InChI is InChI=1S/C23H17F4N9O2S/c24-15-2-1-11(23(25,26)27)5-16(15)34-21(38)35-22-30-9-18(39-22)17-6-13(14-8-32-36-19(14)33-17)20(37)29-4-3-12-7-28-10-31-12/h1-2,5-10H,3-4H2,(H,28,31)(H,29,37)(H,32,33,36)(H2,30,34,35,38). The van der Waals surface area contributed by atoms with Crippen LogP contribution in [0.25, 0.3) is 21.6 Å². The number of benzene rings is 1. The quantitative estimate of drug-likeness (QED) is 0.184. The van der Waals surface area contributed by atoms with E-state index in [0.717, 1.165) is 17.0 Å². The van der Waals surface area contributed by atoms with Crippen LogP contribution in [0.4, 0.5) is 33.2 Å². The predicted molar refractivity (Wildman–Crippen MR) is 134 cm³/mol. The molecule has 39 heavy (non-hydrogen) atoms. The Morgan fingerprint density at radius 3 is 2.69 bits per heavy atom. The molecule has 0 atom stereocenters. The zero-order chi connectivity index (χ0) is 27.6. The number of H-pyrrole nitrogens is 2. The van der Waals surface area contributed by atoms with Crippen LogP contribution < -0.4 is 16.0 Å². The van der Waals surface area contributed by atoms with Crippen molar-refractivity contribution in [3.05, 3.63) is 71.8 Å². The predicted octanol–water partition coefficient (Wildman–Crippen LogP) is 4.58. The lowest BCUT2D eigenvalue weighted by atomic mass is 10.1. The molecule has 0 unspecified atom stereocenters. The normalized spacial score (nSPS) is 11.5. The Morgan fingerprint density at radius 1 is 1.08 bits per heavy atom. The minimum Gasteiger partial charge on any atom is -0.352 e. The van der Waals surface area contributed by atoms with Crippen LogP contribution in [0.15, 0.2) is 49.2 Å². The zero-order valence-electron chi connectivity index (χ0n) is 19.6. The van der Waals surface area contributed by atoms with Crippen LogP contribution in [0.2, 0.25) is 0 Å². The van der Waals surface area contributed by atoms with Crippen LogP contribution in [0.3, 0.4) is 0 Å². The van der Waals surface area contributed by atoms with Crippen molar-refractivity contribution < 1.29 is 27.2 Å². The number of imidazole rings is 1. The van der Waals surface area contributed by atoms with Gasteiger partial charge in [0.15, 0.2) is 10.8 Å². The van der Waals surface area contributed by atoms with E-state index in [2.05, 4.69) is 40.8 Å². The first kappa shape index (κ1) is 25.8. The van der Waals surface area contributed by atoms with E-state index in [4.69, 9.17) is 0 Å². The van der Waals surface area contributed by atoms with E-state index >= 15 is 0 Å². The molecule has 0 saturated carbocycles. The highest BCUT2D eigenvalue weighted by Gasteiger charge is 2.31. The molecular weight excluding hydrogens is 542 g/mol. The van der Waals surface area contributed by atoms with Crippen molar-refractivity contribution in [2.75, 3.05) is 17.2 Å². The molecule has 4 aromatic heterocycles. The molecule has 0 saturated heterocycles. The van der Waals surface area contributed by atoms with Crippen molar-refractivity contribution in [3.63, 3.8) is 0 Å². The summed E-state index contributed by atoms with van der Waals surface area (Å²) in [4.78, 5) is 41.1. The summed E-state index contributed by atoms with van der Waals surface area (Å²) >= 11 is 0.988. The maximum Gasteiger partial charge on any atom is 0.416 e. The number of thiazole rings is 1. The number of hydrogen-bond donors (Lipinski definition) is 5. The summed E-state index contributed by atoms with van der Waals surface area (Å²) in [5, 5.41) is 14.5. The van der Waals surface area contributed by atoms with E-state index in [-0.39, 0.29) is 11.0 Å². The van der Waals surface area contributed by atoms with Gasteiger partial charge < -0.3 is 15.6 Å². The molecule has 5 rings (SSSR count). The summed E-state index contributed by atoms with van der Waals surface area (Å²) in [7, 11) is 0. The van der Waals surface area contributed by atoms with Crippen molar-refractivity contribution in [2.24, 2.45) is 0 Å². The Morgan fingerprint density at radius 2 is 1.92 bits per heavy atom. The van der Waals surface area contributed by atoms with Crippen molar-refractivity contribution in [1.82, 2.24) is 35.5 Å². The number of anilines is 2. The summed E-state index contributed by atoms with van der Waals surface area (Å²) in [5.41, 5.74) is 0.135. The number of amides is 3. The Hall–Kier alpha value is -4.86. The molecule has 200 valence electrons. The number of hydrogen-bond acceptors (Lipinski definition) is 7. The summed E-state index contributed by atoms with van der Waals surface area (Å²) in [6.07, 6.45) is 1.93. The van der Waals surface area contributed by atoms with Crippen LogP contribution in [-0.2, 0) is 12.6 Å². The van der Waals surface area contributed by atoms with Gasteiger partial charge in [0, 0.05) is 31.1 Å². The van der Waals surface area contributed by atoms with Crippen LogP contribution >= 0.6 is 11.3 Å². The maximum atomic E-state index is 14.0. The molecule has 0 spiro atoms. The first-order chi connectivity index (χ1) is 18.7. The molecular formula is C23H17F4N9O2S. The van der Waals surface area contributed by atoms with Gasteiger partial charge in [-0.25, -0.2) is 24.1 Å². The van der Waals surface area contributed by atoms with Gasteiger partial charge in [0.05, 0.1) is 45.3 Å². The number of nitrogens with zero attached hydrogens (tertiary/aromatic N) is 4. The molecule has 1 aromatic carbocycles. The second-order valence-corrected chi connectivity index (χ2v) is 9.10. The van der Waals surface area contributed by atoms with Gasteiger partial charge in [-0.1, -0.05) is 11.3 Å². The smallest absolute Gasteiger partial charge is 0.352 e. The third-order valence-electron chi connectivity index (χ3n) is 5.42. The number of alkyl halides is 3. The summed E-state index contributed by atoms with van der Waals surface area (Å²) in [6, 6.07) is 2.24. The average Bonchev–Trinajstić information content (AvgIpc) is 3.66. The maximum absolute atomic E-state index is 14.0. The molecule has 0 aliphatic carbocycles. The van der Waals surface area contributed by atoms with Gasteiger partial charge in [-0.2, -0.15) is 18.3 Å². The Balaban J connectivity index is 1.30. The Kier molecular flexibility index (Phi) is 6.93. The van der Waals surface area contributed by atoms with Gasteiger partial charge in [-0.05, 0) is 24.3 Å². The zero-order valence-corrected chi connectivity index (χ0v) is 20.4. The third-order valence-corrected chi connectivity index (χ3v) is 6.36. The molecule has 0 aliphatic rings. The summed E-state index contributed by atoms with van der Waals surface area (Å²) in [5.74, 6) is -1.39. The van der Waals surface area contributed by atoms with Crippen LogP contribution in [0.5, 0.6) is 0 Å². The van der Waals surface area contributed by atoms with Gasteiger partial charge in [-0.3, -0.25) is 15.2 Å². The second-order valence-electron chi connectivity index (χ2n) is 8.07. The molecule has 5 aromatic rings. The fourth-order valence-electron chi connectivity index (χ4n) is 3.57. The fraction of sp³-hybridized carbons (Fsp3) is 0.130. The van der Waals surface area contributed by atoms with E-state index in [1.165, 1.54) is 12.4 Å². The fourth-order valence-corrected chi connectivity index (χ4v) is 4.34. The van der Waals surface area contributed by atoms with Gasteiger partial charge in [0.25, 0.3) is 5.91 Å². The number of nitrogens with one attached hydrogen (secondary N) is 5. The monoisotopic (exact) mass is 559 g/mol. The van der Waals surface area contributed by atoms with Gasteiger partial charge in [0.1, 0.15) is 5.82 Å². The number of carbonyl (C=O) groups excluding carboxylic acids is 2. The number of fused-ring (bicyclic) bond motifs is 1. The first-order valence-corrected chi connectivity index (χ1v) is 12.0. The third kappa shape index (κ3) is 5.85. The summed E-state index contributed by atoms with van der Waals surface area (Å²) in [6.45, 7) is 0.355. The number of carbonyl (C=O) groups is 2. The lowest BCUT2D eigenvalue weighted by Crippen LogP contribution is -2.26. The first-order valence-electron chi connectivity index (χ1n) is 11.2. The largest absolute Gasteiger partial charge is 0.416 e. The van der Waals surface area contributed by atoms with Crippen molar-refractivity contribution >= 4 is 45.1 Å². The molecule has 5 N–H and O–H groups in total. The van der Waals surface area contributed by atoms with E-state index < -0.39 is 29.3 Å². The summed E-state index contributed by atoms with van der Waals surface area (Å²) < 4.78 is 52.7. The molecule has 4 heterocycles. The highest BCUT2D eigenvalue weighted by molar-refractivity contribution is 7.19. The van der Waals surface area contributed by atoms with E-state index in [9.17, 15) is 27.2 Å². The van der Waals surface area contributed by atoms with Crippen molar-refractivity contribution in [2.45, 2.75) is 12.6 Å². The molecule has 11 nitrogen and oxygen atoms in total. The highest BCUT2D eigenvalue weighted by Crippen LogP contribution is 2.33. The lowest BCUT2D eigenvalue weighted by molar-refractivity contribution is -0.137. The Labute approximate surface area is 220 Å². The van der Waals surface area contributed by atoms with E-state index in [1.54, 1.807) is 18.6 Å². The van der Waals surface area contributed by atoms with Gasteiger partial charge in [0.2, 0.25) is 0 Å². The molecule has 0 radical (unpaired) electrons. The van der Waals surface area contributed by atoms with Gasteiger partial charge in [-0.15, -0.1) is 0 Å². The number of halogens is 4. The molecule has 16 heteroatoms. The van der Waals surface area contributed by atoms with Crippen molar-refractivity contribution in [1.29, 1.82) is 0 Å². The molecule has 3 amide bonds. The number of aromatic nitrogens is 6. The minimum absolute atomic E-state index is 0.0620. The average molecular weight is 560 g/mol. The minimum atomic E-state index is -4.71. The van der Waals surface area contributed by atoms with Crippen molar-refractivity contribution in [3.8, 4) is 10.6 Å². The second kappa shape index (κ2) is 10.5. The van der Waals surface area contributed by atoms with Crippen LogP contribution in [-0.4, -0.2) is 48.6 Å². The van der Waals surface area contributed by atoms with Gasteiger partial charge >= 0.3 is 12.2 Å². The Bertz CT molecular complexity index is 1650. The van der Waals surface area contributed by atoms with E-state index in [0.29, 0.717) is 58.3 Å². The van der Waals surface area contributed by atoms with Crippen LogP contribution in [0.1, 0.15) is 21.6 Å².